The molecular weight excluding hydrogens is 168 g/mol. The lowest BCUT2D eigenvalue weighted by Gasteiger charge is -2.12. The van der Waals surface area contributed by atoms with Crippen LogP contribution in [0.2, 0.25) is 0 Å². The second-order valence-electron chi connectivity index (χ2n) is 2.86. The smallest absolute Gasteiger partial charge is 0.132 e. The Morgan fingerprint density at radius 1 is 1.62 bits per heavy atom. The Morgan fingerprint density at radius 2 is 2.46 bits per heavy atom. The minimum atomic E-state index is 0.0292. The van der Waals surface area contributed by atoms with Crippen LogP contribution in [0.15, 0.2) is 22.8 Å². The second kappa shape index (κ2) is 5.78. The van der Waals surface area contributed by atoms with Crippen LogP contribution in [-0.4, -0.2) is 18.3 Å². The maximum Gasteiger partial charge on any atom is 0.132 e. The first-order valence-electron chi connectivity index (χ1n) is 4.64. The highest BCUT2D eigenvalue weighted by molar-refractivity contribution is 5.01. The Hall–Kier alpha value is -0.800. The molecule has 1 aromatic heterocycles. The third-order valence-electron chi connectivity index (χ3n) is 1.85. The standard InChI is InChI=1S/C10H16O3/c1-2-9(12-8-4-6-11)10-5-3-7-13-10/h3,5,7,9,11H,2,4,6,8H2,1H3. The summed E-state index contributed by atoms with van der Waals surface area (Å²) in [6.07, 6.45) is 3.24. The fourth-order valence-electron chi connectivity index (χ4n) is 1.17. The van der Waals surface area contributed by atoms with Crippen LogP contribution in [0.1, 0.15) is 31.6 Å². The molecule has 0 saturated heterocycles. The highest BCUT2D eigenvalue weighted by Gasteiger charge is 2.11. The van der Waals surface area contributed by atoms with E-state index in [9.17, 15) is 0 Å². The number of aliphatic hydroxyl groups excluding tert-OH is 1. The molecule has 0 saturated carbocycles. The highest BCUT2D eigenvalue weighted by atomic mass is 16.5. The van der Waals surface area contributed by atoms with Gasteiger partial charge in [-0.05, 0) is 25.0 Å². The summed E-state index contributed by atoms with van der Waals surface area (Å²) in [4.78, 5) is 0. The minimum absolute atomic E-state index is 0.0292. The Labute approximate surface area is 78.3 Å². The Morgan fingerprint density at radius 3 is 3.00 bits per heavy atom. The summed E-state index contributed by atoms with van der Waals surface area (Å²) in [6, 6.07) is 3.76. The molecule has 3 heteroatoms. The van der Waals surface area contributed by atoms with Gasteiger partial charge < -0.3 is 14.3 Å². The molecule has 0 fully saturated rings. The van der Waals surface area contributed by atoms with Gasteiger partial charge in [0, 0.05) is 13.2 Å². The van der Waals surface area contributed by atoms with Gasteiger partial charge in [-0.3, -0.25) is 0 Å². The molecule has 0 aliphatic rings. The topological polar surface area (TPSA) is 42.6 Å². The summed E-state index contributed by atoms with van der Waals surface area (Å²) < 4.78 is 10.8. The molecule has 1 atom stereocenters. The predicted molar refractivity (Wildman–Crippen MR) is 49.4 cm³/mol. The molecule has 0 aliphatic carbocycles. The molecule has 1 N–H and O–H groups in total. The summed E-state index contributed by atoms with van der Waals surface area (Å²) in [6.45, 7) is 2.80. The van der Waals surface area contributed by atoms with Crippen molar-refractivity contribution < 1.29 is 14.3 Å². The molecule has 0 radical (unpaired) electrons. The van der Waals surface area contributed by atoms with E-state index in [2.05, 4.69) is 0 Å². The van der Waals surface area contributed by atoms with Crippen molar-refractivity contribution in [1.29, 1.82) is 0 Å². The molecule has 13 heavy (non-hydrogen) atoms. The normalized spacial score (nSPS) is 13.1. The van der Waals surface area contributed by atoms with E-state index in [0.717, 1.165) is 12.2 Å². The van der Waals surface area contributed by atoms with Crippen molar-refractivity contribution in [1.82, 2.24) is 0 Å². The van der Waals surface area contributed by atoms with Crippen molar-refractivity contribution in [3.05, 3.63) is 24.2 Å². The molecule has 1 aromatic rings. The van der Waals surface area contributed by atoms with E-state index < -0.39 is 0 Å². The fraction of sp³-hybridized carbons (Fsp3) is 0.600. The van der Waals surface area contributed by atoms with Crippen molar-refractivity contribution in [2.75, 3.05) is 13.2 Å². The summed E-state index contributed by atoms with van der Waals surface area (Å²) in [5.41, 5.74) is 0. The van der Waals surface area contributed by atoms with Crippen LogP contribution in [0, 0.1) is 0 Å². The number of aliphatic hydroxyl groups is 1. The molecule has 1 heterocycles. The van der Waals surface area contributed by atoms with Crippen LogP contribution in [-0.2, 0) is 4.74 Å². The molecule has 0 spiro atoms. The maximum atomic E-state index is 8.58. The quantitative estimate of drug-likeness (QED) is 0.689. The molecule has 0 amide bonds. The molecule has 0 aromatic carbocycles. The zero-order chi connectivity index (χ0) is 9.52. The largest absolute Gasteiger partial charge is 0.467 e. The summed E-state index contributed by atoms with van der Waals surface area (Å²) >= 11 is 0. The van der Waals surface area contributed by atoms with Crippen LogP contribution in [0.25, 0.3) is 0 Å². The molecule has 1 rings (SSSR count). The summed E-state index contributed by atoms with van der Waals surface area (Å²) in [7, 11) is 0. The third kappa shape index (κ3) is 3.20. The summed E-state index contributed by atoms with van der Waals surface area (Å²) in [5.74, 6) is 0.862. The predicted octanol–water partition coefficient (Wildman–Crippen LogP) is 2.13. The Balaban J connectivity index is 2.35. The number of hydrogen-bond donors (Lipinski definition) is 1. The number of furan rings is 1. The first-order valence-corrected chi connectivity index (χ1v) is 4.64. The zero-order valence-electron chi connectivity index (χ0n) is 7.90. The molecule has 3 nitrogen and oxygen atoms in total. The number of rotatable bonds is 6. The second-order valence-corrected chi connectivity index (χ2v) is 2.86. The lowest BCUT2D eigenvalue weighted by atomic mass is 10.2. The first-order chi connectivity index (χ1) is 6.38. The van der Waals surface area contributed by atoms with E-state index in [1.54, 1.807) is 6.26 Å². The van der Waals surface area contributed by atoms with Gasteiger partial charge in [0.05, 0.1) is 6.26 Å². The van der Waals surface area contributed by atoms with Gasteiger partial charge in [-0.1, -0.05) is 6.92 Å². The van der Waals surface area contributed by atoms with Gasteiger partial charge in [0.2, 0.25) is 0 Å². The molecule has 1 unspecified atom stereocenters. The van der Waals surface area contributed by atoms with Crippen LogP contribution in [0.5, 0.6) is 0 Å². The minimum Gasteiger partial charge on any atom is -0.467 e. The van der Waals surface area contributed by atoms with E-state index in [1.165, 1.54) is 0 Å². The van der Waals surface area contributed by atoms with E-state index in [-0.39, 0.29) is 12.7 Å². The average molecular weight is 184 g/mol. The van der Waals surface area contributed by atoms with Gasteiger partial charge >= 0.3 is 0 Å². The van der Waals surface area contributed by atoms with E-state index in [0.29, 0.717) is 13.0 Å². The van der Waals surface area contributed by atoms with Gasteiger partial charge in [-0.25, -0.2) is 0 Å². The van der Waals surface area contributed by atoms with E-state index in [1.807, 2.05) is 19.1 Å². The van der Waals surface area contributed by atoms with E-state index in [4.69, 9.17) is 14.3 Å². The van der Waals surface area contributed by atoms with Crippen LogP contribution in [0.3, 0.4) is 0 Å². The van der Waals surface area contributed by atoms with Gasteiger partial charge in [0.25, 0.3) is 0 Å². The maximum absolute atomic E-state index is 8.58. The van der Waals surface area contributed by atoms with Crippen LogP contribution >= 0.6 is 0 Å². The van der Waals surface area contributed by atoms with E-state index >= 15 is 0 Å². The van der Waals surface area contributed by atoms with Gasteiger partial charge in [0.15, 0.2) is 0 Å². The van der Waals surface area contributed by atoms with Crippen molar-refractivity contribution in [2.24, 2.45) is 0 Å². The first kappa shape index (κ1) is 10.3. The van der Waals surface area contributed by atoms with Gasteiger partial charge in [-0.15, -0.1) is 0 Å². The highest BCUT2D eigenvalue weighted by Crippen LogP contribution is 2.20. The number of ether oxygens (including phenoxy) is 1. The molecule has 74 valence electrons. The van der Waals surface area contributed by atoms with Crippen molar-refractivity contribution in [2.45, 2.75) is 25.9 Å². The third-order valence-corrected chi connectivity index (χ3v) is 1.85. The zero-order valence-corrected chi connectivity index (χ0v) is 7.90. The van der Waals surface area contributed by atoms with Crippen LogP contribution in [0.4, 0.5) is 0 Å². The van der Waals surface area contributed by atoms with Crippen molar-refractivity contribution >= 4 is 0 Å². The van der Waals surface area contributed by atoms with Crippen LogP contribution < -0.4 is 0 Å². The molecular formula is C10H16O3. The molecule has 0 bridgehead atoms. The Bertz CT molecular complexity index is 206. The van der Waals surface area contributed by atoms with Crippen molar-refractivity contribution in [3.63, 3.8) is 0 Å². The lowest BCUT2D eigenvalue weighted by Crippen LogP contribution is -2.04. The Kier molecular flexibility index (Phi) is 4.57. The van der Waals surface area contributed by atoms with Gasteiger partial charge in [-0.2, -0.15) is 0 Å². The SMILES string of the molecule is CCC(OCCCO)c1ccco1. The summed E-state index contributed by atoms with van der Waals surface area (Å²) in [5, 5.41) is 8.58. The fourth-order valence-corrected chi connectivity index (χ4v) is 1.17. The lowest BCUT2D eigenvalue weighted by molar-refractivity contribution is 0.0273. The van der Waals surface area contributed by atoms with Gasteiger partial charge in [0.1, 0.15) is 11.9 Å². The monoisotopic (exact) mass is 184 g/mol. The van der Waals surface area contributed by atoms with Crippen molar-refractivity contribution in [3.8, 4) is 0 Å². The molecule has 0 aliphatic heterocycles. The number of hydrogen-bond acceptors (Lipinski definition) is 3. The average Bonchev–Trinajstić information content (AvgIpc) is 2.65.